The first-order chi connectivity index (χ1) is 10.5. The molecular formula is C17H24N2O3. The SMILES string of the molecule is Cc1ccc(C(N)=O)c(OC(C)C(=O)N2CCCCCC2)c1. The van der Waals surface area contributed by atoms with E-state index in [0.717, 1.165) is 31.5 Å². The van der Waals surface area contributed by atoms with Crippen LogP contribution in [0.25, 0.3) is 0 Å². The van der Waals surface area contributed by atoms with Crippen molar-refractivity contribution in [2.45, 2.75) is 45.6 Å². The lowest BCUT2D eigenvalue weighted by Gasteiger charge is -2.25. The molecule has 0 radical (unpaired) electrons. The van der Waals surface area contributed by atoms with E-state index in [1.165, 1.54) is 12.8 Å². The monoisotopic (exact) mass is 304 g/mol. The number of carbonyl (C=O) groups excluding carboxylic acids is 2. The van der Waals surface area contributed by atoms with Gasteiger partial charge in [0.1, 0.15) is 5.75 Å². The largest absolute Gasteiger partial charge is 0.480 e. The molecule has 1 aromatic carbocycles. The highest BCUT2D eigenvalue weighted by Crippen LogP contribution is 2.22. The van der Waals surface area contributed by atoms with Crippen LogP contribution in [0.2, 0.25) is 0 Å². The van der Waals surface area contributed by atoms with E-state index in [9.17, 15) is 9.59 Å². The summed E-state index contributed by atoms with van der Waals surface area (Å²) in [7, 11) is 0. The lowest BCUT2D eigenvalue weighted by Crippen LogP contribution is -2.41. The molecule has 0 saturated carbocycles. The van der Waals surface area contributed by atoms with Crippen molar-refractivity contribution in [1.82, 2.24) is 4.90 Å². The summed E-state index contributed by atoms with van der Waals surface area (Å²) in [5, 5.41) is 0. The minimum absolute atomic E-state index is 0.0289. The van der Waals surface area contributed by atoms with Gasteiger partial charge in [0.15, 0.2) is 6.10 Å². The van der Waals surface area contributed by atoms with Crippen molar-refractivity contribution in [2.75, 3.05) is 13.1 Å². The third-order valence-electron chi connectivity index (χ3n) is 3.97. The molecular weight excluding hydrogens is 280 g/mol. The molecule has 2 rings (SSSR count). The number of aryl methyl sites for hydroxylation is 1. The van der Waals surface area contributed by atoms with Crippen molar-refractivity contribution >= 4 is 11.8 Å². The molecule has 0 aliphatic carbocycles. The number of ether oxygens (including phenoxy) is 1. The third-order valence-corrected chi connectivity index (χ3v) is 3.97. The summed E-state index contributed by atoms with van der Waals surface area (Å²) in [6.07, 6.45) is 3.79. The van der Waals surface area contributed by atoms with E-state index in [0.29, 0.717) is 11.3 Å². The van der Waals surface area contributed by atoms with E-state index in [4.69, 9.17) is 10.5 Å². The smallest absolute Gasteiger partial charge is 0.263 e. The highest BCUT2D eigenvalue weighted by atomic mass is 16.5. The first kappa shape index (κ1) is 16.3. The number of likely N-dealkylation sites (tertiary alicyclic amines) is 1. The van der Waals surface area contributed by atoms with Crippen molar-refractivity contribution in [1.29, 1.82) is 0 Å². The first-order valence-corrected chi connectivity index (χ1v) is 7.85. The summed E-state index contributed by atoms with van der Waals surface area (Å²) in [6, 6.07) is 5.18. The van der Waals surface area contributed by atoms with Crippen LogP contribution in [0, 0.1) is 6.92 Å². The quantitative estimate of drug-likeness (QED) is 0.927. The van der Waals surface area contributed by atoms with Crippen LogP contribution in [0.1, 0.15) is 48.5 Å². The number of benzene rings is 1. The van der Waals surface area contributed by atoms with Crippen molar-refractivity contribution in [3.05, 3.63) is 29.3 Å². The maximum absolute atomic E-state index is 12.5. The van der Waals surface area contributed by atoms with Crippen LogP contribution < -0.4 is 10.5 Å². The Hall–Kier alpha value is -2.04. The van der Waals surface area contributed by atoms with Gasteiger partial charge in [0.25, 0.3) is 11.8 Å². The Balaban J connectivity index is 2.10. The summed E-state index contributed by atoms with van der Waals surface area (Å²) < 4.78 is 5.75. The zero-order valence-electron chi connectivity index (χ0n) is 13.3. The molecule has 1 heterocycles. The van der Waals surface area contributed by atoms with Gasteiger partial charge in [-0.1, -0.05) is 18.9 Å². The van der Waals surface area contributed by atoms with Gasteiger partial charge in [0.05, 0.1) is 5.56 Å². The maximum Gasteiger partial charge on any atom is 0.263 e. The van der Waals surface area contributed by atoms with Crippen molar-refractivity contribution in [3.63, 3.8) is 0 Å². The Morgan fingerprint density at radius 2 is 1.82 bits per heavy atom. The molecule has 1 aliphatic heterocycles. The average Bonchev–Trinajstić information content (AvgIpc) is 2.75. The van der Waals surface area contributed by atoms with E-state index >= 15 is 0 Å². The van der Waals surface area contributed by atoms with Gasteiger partial charge in [-0.2, -0.15) is 0 Å². The van der Waals surface area contributed by atoms with Gasteiger partial charge in [-0.05, 0) is 44.4 Å². The molecule has 1 fully saturated rings. The molecule has 1 atom stereocenters. The normalized spacial score (nSPS) is 16.7. The van der Waals surface area contributed by atoms with Gasteiger partial charge in [-0.15, -0.1) is 0 Å². The average molecular weight is 304 g/mol. The lowest BCUT2D eigenvalue weighted by atomic mass is 10.1. The molecule has 1 saturated heterocycles. The Morgan fingerprint density at radius 1 is 1.18 bits per heavy atom. The second-order valence-corrected chi connectivity index (χ2v) is 5.86. The predicted octanol–water partition coefficient (Wildman–Crippen LogP) is 2.26. The Labute approximate surface area is 131 Å². The molecule has 2 N–H and O–H groups in total. The van der Waals surface area contributed by atoms with Gasteiger partial charge in [-0.3, -0.25) is 9.59 Å². The topological polar surface area (TPSA) is 72.6 Å². The molecule has 5 heteroatoms. The molecule has 120 valence electrons. The van der Waals surface area contributed by atoms with Crippen LogP contribution in [-0.4, -0.2) is 35.9 Å². The fourth-order valence-electron chi connectivity index (χ4n) is 2.72. The predicted molar refractivity (Wildman–Crippen MR) is 84.8 cm³/mol. The fraction of sp³-hybridized carbons (Fsp3) is 0.529. The van der Waals surface area contributed by atoms with Crippen LogP contribution in [0.5, 0.6) is 5.75 Å². The molecule has 2 amide bonds. The van der Waals surface area contributed by atoms with Gasteiger partial charge >= 0.3 is 0 Å². The highest BCUT2D eigenvalue weighted by Gasteiger charge is 2.24. The summed E-state index contributed by atoms with van der Waals surface area (Å²) >= 11 is 0. The zero-order valence-corrected chi connectivity index (χ0v) is 13.3. The summed E-state index contributed by atoms with van der Waals surface area (Å²) in [4.78, 5) is 25.8. The van der Waals surface area contributed by atoms with E-state index in [-0.39, 0.29) is 5.91 Å². The second-order valence-electron chi connectivity index (χ2n) is 5.86. The van der Waals surface area contributed by atoms with Gasteiger partial charge < -0.3 is 15.4 Å². The van der Waals surface area contributed by atoms with Crippen LogP contribution in [-0.2, 0) is 4.79 Å². The summed E-state index contributed by atoms with van der Waals surface area (Å²) in [6.45, 7) is 5.19. The number of hydrogen-bond donors (Lipinski definition) is 1. The van der Waals surface area contributed by atoms with Crippen molar-refractivity contribution in [3.8, 4) is 5.75 Å². The van der Waals surface area contributed by atoms with E-state index in [1.807, 2.05) is 11.8 Å². The Bertz CT molecular complexity index is 549. The molecule has 0 bridgehead atoms. The standard InChI is InChI=1S/C17H24N2O3/c1-12-7-8-14(16(18)20)15(11-12)22-13(2)17(21)19-9-5-3-4-6-10-19/h7-8,11,13H,3-6,9-10H2,1-2H3,(H2,18,20). The number of nitrogens with zero attached hydrogens (tertiary/aromatic N) is 1. The molecule has 0 aromatic heterocycles. The van der Waals surface area contributed by atoms with E-state index < -0.39 is 12.0 Å². The minimum atomic E-state index is -0.627. The Morgan fingerprint density at radius 3 is 2.41 bits per heavy atom. The number of primary amides is 1. The fourth-order valence-corrected chi connectivity index (χ4v) is 2.72. The molecule has 1 aromatic rings. The third kappa shape index (κ3) is 4.00. The summed E-state index contributed by atoms with van der Waals surface area (Å²) in [5.41, 5.74) is 6.63. The van der Waals surface area contributed by atoms with Crippen molar-refractivity contribution < 1.29 is 14.3 Å². The number of rotatable bonds is 4. The molecule has 0 spiro atoms. The second kappa shape index (κ2) is 7.29. The number of nitrogens with two attached hydrogens (primary N) is 1. The minimum Gasteiger partial charge on any atom is -0.480 e. The molecule has 22 heavy (non-hydrogen) atoms. The van der Waals surface area contributed by atoms with E-state index in [1.54, 1.807) is 25.1 Å². The first-order valence-electron chi connectivity index (χ1n) is 7.85. The van der Waals surface area contributed by atoms with Crippen LogP contribution in [0.4, 0.5) is 0 Å². The zero-order chi connectivity index (χ0) is 16.1. The highest BCUT2D eigenvalue weighted by molar-refractivity contribution is 5.96. The Kier molecular flexibility index (Phi) is 5.41. The summed E-state index contributed by atoms with van der Waals surface area (Å²) in [5.74, 6) is -0.202. The number of carbonyl (C=O) groups is 2. The molecule has 1 aliphatic rings. The number of hydrogen-bond acceptors (Lipinski definition) is 3. The maximum atomic E-state index is 12.5. The van der Waals surface area contributed by atoms with E-state index in [2.05, 4.69) is 0 Å². The lowest BCUT2D eigenvalue weighted by molar-refractivity contribution is -0.137. The van der Waals surface area contributed by atoms with Gasteiger partial charge in [0.2, 0.25) is 0 Å². The van der Waals surface area contributed by atoms with Gasteiger partial charge in [-0.25, -0.2) is 0 Å². The van der Waals surface area contributed by atoms with Crippen LogP contribution in [0.3, 0.4) is 0 Å². The van der Waals surface area contributed by atoms with Crippen LogP contribution >= 0.6 is 0 Å². The van der Waals surface area contributed by atoms with Crippen molar-refractivity contribution in [2.24, 2.45) is 5.73 Å². The molecule has 5 nitrogen and oxygen atoms in total. The molecule has 1 unspecified atom stereocenters. The van der Waals surface area contributed by atoms with Crippen LogP contribution in [0.15, 0.2) is 18.2 Å². The van der Waals surface area contributed by atoms with Gasteiger partial charge in [0, 0.05) is 13.1 Å². The number of amides is 2.